The van der Waals surface area contributed by atoms with Gasteiger partial charge < -0.3 is 5.11 Å². The largest absolute Gasteiger partial charge is 0.392 e. The van der Waals surface area contributed by atoms with Crippen molar-refractivity contribution in [1.82, 2.24) is 9.38 Å². The number of aliphatic hydroxyl groups excluding tert-OH is 1. The average Bonchev–Trinajstić information content (AvgIpc) is 2.48. The molecule has 0 aliphatic rings. The van der Waals surface area contributed by atoms with E-state index in [1.54, 1.807) is 6.20 Å². The second kappa shape index (κ2) is 2.88. The van der Waals surface area contributed by atoms with E-state index in [0.717, 1.165) is 15.8 Å². The van der Waals surface area contributed by atoms with E-state index in [1.807, 2.05) is 22.7 Å². The molecule has 0 aromatic carbocycles. The summed E-state index contributed by atoms with van der Waals surface area (Å²) in [6, 6.07) is 3.74. The van der Waals surface area contributed by atoms with Crippen molar-refractivity contribution in [1.29, 1.82) is 0 Å². The summed E-state index contributed by atoms with van der Waals surface area (Å²) < 4.78 is 2.78. The van der Waals surface area contributed by atoms with Crippen molar-refractivity contribution in [3.63, 3.8) is 0 Å². The van der Waals surface area contributed by atoms with Crippen molar-refractivity contribution in [3.8, 4) is 0 Å². The Labute approximate surface area is 77.8 Å². The van der Waals surface area contributed by atoms with Crippen LogP contribution in [0.25, 0.3) is 5.65 Å². The molecule has 4 heteroatoms. The standard InChI is InChI=1S/C8H7BrN2O/c9-7-4-10-8-6(5-12)2-1-3-11(7)8/h1-4,12H,5H2. The predicted octanol–water partition coefficient (Wildman–Crippen LogP) is 1.59. The molecule has 0 radical (unpaired) electrons. The molecule has 0 amide bonds. The van der Waals surface area contributed by atoms with Crippen LogP contribution in [-0.4, -0.2) is 14.5 Å². The molecule has 0 fully saturated rings. The summed E-state index contributed by atoms with van der Waals surface area (Å²) in [7, 11) is 0. The third-order valence-corrected chi connectivity index (χ3v) is 2.33. The molecule has 2 aromatic heterocycles. The minimum Gasteiger partial charge on any atom is -0.392 e. The number of hydrogen-bond donors (Lipinski definition) is 1. The van der Waals surface area contributed by atoms with Gasteiger partial charge in [0.05, 0.1) is 12.8 Å². The van der Waals surface area contributed by atoms with Gasteiger partial charge in [-0.2, -0.15) is 0 Å². The monoisotopic (exact) mass is 226 g/mol. The number of hydrogen-bond acceptors (Lipinski definition) is 2. The third kappa shape index (κ3) is 1.04. The zero-order chi connectivity index (χ0) is 8.55. The molecule has 2 aromatic rings. The Bertz CT molecular complexity index is 410. The van der Waals surface area contributed by atoms with Gasteiger partial charge >= 0.3 is 0 Å². The molecule has 2 rings (SSSR count). The highest BCUT2D eigenvalue weighted by molar-refractivity contribution is 9.10. The van der Waals surface area contributed by atoms with E-state index in [4.69, 9.17) is 5.11 Å². The van der Waals surface area contributed by atoms with E-state index in [2.05, 4.69) is 20.9 Å². The Hall–Kier alpha value is -0.870. The number of nitrogens with zero attached hydrogens (tertiary/aromatic N) is 2. The second-order valence-electron chi connectivity index (χ2n) is 2.47. The SMILES string of the molecule is OCc1cccn2c(Br)cnc12. The van der Waals surface area contributed by atoms with Crippen LogP contribution in [0.15, 0.2) is 29.1 Å². The van der Waals surface area contributed by atoms with Crippen molar-refractivity contribution < 1.29 is 5.11 Å². The molecule has 1 N–H and O–H groups in total. The van der Waals surface area contributed by atoms with Crippen LogP contribution in [0.3, 0.4) is 0 Å². The van der Waals surface area contributed by atoms with Gasteiger partial charge in [0.15, 0.2) is 0 Å². The van der Waals surface area contributed by atoms with E-state index in [1.165, 1.54) is 0 Å². The molecule has 0 saturated carbocycles. The molecule has 0 bridgehead atoms. The molecule has 0 aliphatic carbocycles. The lowest BCUT2D eigenvalue weighted by Gasteiger charge is -1.98. The number of halogens is 1. The molecular weight excluding hydrogens is 220 g/mol. The van der Waals surface area contributed by atoms with E-state index in [9.17, 15) is 0 Å². The number of aromatic nitrogens is 2. The minimum absolute atomic E-state index is 0.0216. The van der Waals surface area contributed by atoms with Gasteiger partial charge in [0.1, 0.15) is 10.3 Å². The number of pyridine rings is 1. The van der Waals surface area contributed by atoms with E-state index in [-0.39, 0.29) is 6.61 Å². The van der Waals surface area contributed by atoms with Crippen molar-refractivity contribution >= 4 is 21.6 Å². The third-order valence-electron chi connectivity index (χ3n) is 1.74. The predicted molar refractivity (Wildman–Crippen MR) is 48.8 cm³/mol. The molecule has 62 valence electrons. The highest BCUT2D eigenvalue weighted by atomic mass is 79.9. The topological polar surface area (TPSA) is 37.5 Å². The smallest absolute Gasteiger partial charge is 0.143 e. The summed E-state index contributed by atoms with van der Waals surface area (Å²) in [5, 5.41) is 8.98. The first kappa shape index (κ1) is 7.76. The highest BCUT2D eigenvalue weighted by Gasteiger charge is 2.03. The normalized spacial score (nSPS) is 10.8. The highest BCUT2D eigenvalue weighted by Crippen LogP contribution is 2.15. The maximum atomic E-state index is 8.98. The molecule has 0 atom stereocenters. The Morgan fingerprint density at radius 2 is 2.42 bits per heavy atom. The second-order valence-corrected chi connectivity index (χ2v) is 3.28. The molecule has 12 heavy (non-hydrogen) atoms. The van der Waals surface area contributed by atoms with E-state index in [0.29, 0.717) is 0 Å². The first-order chi connectivity index (χ1) is 5.83. The summed E-state index contributed by atoms with van der Waals surface area (Å²) in [5.74, 6) is 0. The van der Waals surface area contributed by atoms with Gasteiger partial charge in [-0.1, -0.05) is 6.07 Å². The summed E-state index contributed by atoms with van der Waals surface area (Å²) in [6.45, 7) is 0.0216. The summed E-state index contributed by atoms with van der Waals surface area (Å²) in [4.78, 5) is 4.15. The quantitative estimate of drug-likeness (QED) is 0.803. The number of aliphatic hydroxyl groups is 1. The van der Waals surface area contributed by atoms with Crippen molar-refractivity contribution in [2.75, 3.05) is 0 Å². The first-order valence-corrected chi connectivity index (χ1v) is 4.33. The van der Waals surface area contributed by atoms with Crippen LogP contribution in [0.5, 0.6) is 0 Å². The average molecular weight is 227 g/mol. The lowest BCUT2D eigenvalue weighted by molar-refractivity contribution is 0.282. The Kier molecular flexibility index (Phi) is 1.86. The Morgan fingerprint density at radius 1 is 1.58 bits per heavy atom. The molecule has 0 aliphatic heterocycles. The first-order valence-electron chi connectivity index (χ1n) is 3.54. The maximum Gasteiger partial charge on any atom is 0.143 e. The summed E-state index contributed by atoms with van der Waals surface area (Å²) >= 11 is 3.35. The van der Waals surface area contributed by atoms with Crippen molar-refractivity contribution in [2.24, 2.45) is 0 Å². The van der Waals surface area contributed by atoms with Crippen LogP contribution >= 0.6 is 15.9 Å². The molecule has 3 nitrogen and oxygen atoms in total. The van der Waals surface area contributed by atoms with Crippen molar-refractivity contribution in [2.45, 2.75) is 6.61 Å². The molecule has 0 saturated heterocycles. The molecule has 0 unspecified atom stereocenters. The lowest BCUT2D eigenvalue weighted by atomic mass is 10.3. The van der Waals surface area contributed by atoms with Crippen molar-refractivity contribution in [3.05, 3.63) is 34.7 Å². The van der Waals surface area contributed by atoms with Gasteiger partial charge in [0.2, 0.25) is 0 Å². The van der Waals surface area contributed by atoms with Crippen LogP contribution in [0.2, 0.25) is 0 Å². The Balaban J connectivity index is 2.81. The fourth-order valence-electron chi connectivity index (χ4n) is 1.16. The maximum absolute atomic E-state index is 8.98. The van der Waals surface area contributed by atoms with E-state index < -0.39 is 0 Å². The minimum atomic E-state index is 0.0216. The summed E-state index contributed by atoms with van der Waals surface area (Å²) in [5.41, 5.74) is 1.63. The Morgan fingerprint density at radius 3 is 3.17 bits per heavy atom. The molecule has 0 spiro atoms. The fourth-order valence-corrected chi connectivity index (χ4v) is 1.55. The number of imidazole rings is 1. The van der Waals surface area contributed by atoms with Crippen LogP contribution in [0.4, 0.5) is 0 Å². The van der Waals surface area contributed by atoms with Gasteiger partial charge in [-0.15, -0.1) is 0 Å². The molecule has 2 heterocycles. The van der Waals surface area contributed by atoms with E-state index >= 15 is 0 Å². The zero-order valence-corrected chi connectivity index (χ0v) is 7.82. The van der Waals surface area contributed by atoms with Gasteiger partial charge in [-0.3, -0.25) is 4.40 Å². The van der Waals surface area contributed by atoms with Gasteiger partial charge in [0, 0.05) is 11.8 Å². The number of rotatable bonds is 1. The van der Waals surface area contributed by atoms with Crippen LogP contribution in [-0.2, 0) is 6.61 Å². The zero-order valence-electron chi connectivity index (χ0n) is 6.24. The van der Waals surface area contributed by atoms with Gasteiger partial charge in [0.25, 0.3) is 0 Å². The molecular formula is C8H7BrN2O. The fraction of sp³-hybridized carbons (Fsp3) is 0.125. The summed E-state index contributed by atoms with van der Waals surface area (Å²) in [6.07, 6.45) is 3.61. The van der Waals surface area contributed by atoms with Gasteiger partial charge in [-0.25, -0.2) is 4.98 Å². The van der Waals surface area contributed by atoms with Crippen LogP contribution in [0, 0.1) is 0 Å². The van der Waals surface area contributed by atoms with Crippen LogP contribution < -0.4 is 0 Å². The number of fused-ring (bicyclic) bond motifs is 1. The van der Waals surface area contributed by atoms with Gasteiger partial charge in [-0.05, 0) is 22.0 Å². The lowest BCUT2D eigenvalue weighted by Crippen LogP contribution is -1.91. The van der Waals surface area contributed by atoms with Crippen LogP contribution in [0.1, 0.15) is 5.56 Å².